The van der Waals surface area contributed by atoms with Crippen LogP contribution in [0.25, 0.3) is 0 Å². The molecule has 98 valence electrons. The molecule has 18 heavy (non-hydrogen) atoms. The van der Waals surface area contributed by atoms with E-state index in [-0.39, 0.29) is 5.75 Å². The molecule has 2 rings (SSSR count). The van der Waals surface area contributed by atoms with E-state index < -0.39 is 0 Å². The van der Waals surface area contributed by atoms with Gasteiger partial charge in [-0.25, -0.2) is 0 Å². The first kappa shape index (κ1) is 13.4. The Morgan fingerprint density at radius 1 is 1.33 bits per heavy atom. The minimum Gasteiger partial charge on any atom is -0.507 e. The molecule has 0 bridgehead atoms. The number of nitrogens with zero attached hydrogens (tertiary/aromatic N) is 2. The van der Waals surface area contributed by atoms with Crippen LogP contribution in [0.2, 0.25) is 0 Å². The standard InChI is InChI=1S/C14H19BrN2O/c1-10-4-3-5-11(2)17(10)16-9-12-8-13(15)6-7-14(12)18/h6-11,18H,3-5H2,1-2H3/b16-9+/t10-,11+. The third-order valence-electron chi connectivity index (χ3n) is 3.47. The second kappa shape index (κ2) is 5.74. The summed E-state index contributed by atoms with van der Waals surface area (Å²) in [6.07, 6.45) is 5.40. The van der Waals surface area contributed by atoms with E-state index in [4.69, 9.17) is 0 Å². The largest absolute Gasteiger partial charge is 0.507 e. The van der Waals surface area contributed by atoms with Gasteiger partial charge in [0.1, 0.15) is 5.75 Å². The predicted octanol–water partition coefficient (Wildman–Crippen LogP) is 3.75. The van der Waals surface area contributed by atoms with Crippen LogP contribution < -0.4 is 0 Å². The van der Waals surface area contributed by atoms with E-state index in [0.717, 1.165) is 10.0 Å². The Morgan fingerprint density at radius 2 is 2.00 bits per heavy atom. The second-order valence-electron chi connectivity index (χ2n) is 4.96. The van der Waals surface area contributed by atoms with Crippen molar-refractivity contribution in [3.63, 3.8) is 0 Å². The summed E-state index contributed by atoms with van der Waals surface area (Å²) in [5, 5.41) is 16.5. The molecule has 0 amide bonds. The smallest absolute Gasteiger partial charge is 0.124 e. The van der Waals surface area contributed by atoms with Gasteiger partial charge in [0.25, 0.3) is 0 Å². The van der Waals surface area contributed by atoms with E-state index in [2.05, 4.69) is 39.9 Å². The van der Waals surface area contributed by atoms with Crippen molar-refractivity contribution < 1.29 is 5.11 Å². The lowest BCUT2D eigenvalue weighted by Gasteiger charge is -2.36. The van der Waals surface area contributed by atoms with Crippen molar-refractivity contribution in [1.82, 2.24) is 5.01 Å². The zero-order valence-corrected chi connectivity index (χ0v) is 12.4. The molecule has 4 heteroatoms. The quantitative estimate of drug-likeness (QED) is 0.844. The maximum Gasteiger partial charge on any atom is 0.124 e. The van der Waals surface area contributed by atoms with Gasteiger partial charge in [-0.05, 0) is 51.3 Å². The Bertz CT molecular complexity index is 437. The Balaban J connectivity index is 2.16. The number of hydrogen-bond donors (Lipinski definition) is 1. The molecule has 0 spiro atoms. The van der Waals surface area contributed by atoms with Crippen molar-refractivity contribution in [2.75, 3.05) is 0 Å². The Labute approximate surface area is 117 Å². The third kappa shape index (κ3) is 3.05. The fourth-order valence-electron chi connectivity index (χ4n) is 2.39. The van der Waals surface area contributed by atoms with E-state index in [9.17, 15) is 5.11 Å². The van der Waals surface area contributed by atoms with Crippen molar-refractivity contribution in [3.05, 3.63) is 28.2 Å². The number of rotatable bonds is 2. The first-order chi connectivity index (χ1) is 8.58. The van der Waals surface area contributed by atoms with Crippen LogP contribution in [0.4, 0.5) is 0 Å². The van der Waals surface area contributed by atoms with Crippen molar-refractivity contribution in [1.29, 1.82) is 0 Å². The van der Waals surface area contributed by atoms with Gasteiger partial charge in [0, 0.05) is 22.1 Å². The molecule has 1 aliphatic rings. The van der Waals surface area contributed by atoms with E-state index in [0.29, 0.717) is 12.1 Å². The van der Waals surface area contributed by atoms with Gasteiger partial charge in [0.15, 0.2) is 0 Å². The van der Waals surface area contributed by atoms with Crippen molar-refractivity contribution in [2.45, 2.75) is 45.2 Å². The molecule has 1 aromatic rings. The highest BCUT2D eigenvalue weighted by atomic mass is 79.9. The van der Waals surface area contributed by atoms with Crippen LogP contribution in [0.15, 0.2) is 27.8 Å². The molecule has 1 N–H and O–H groups in total. The first-order valence-corrected chi connectivity index (χ1v) is 7.18. The average Bonchev–Trinajstić information content (AvgIpc) is 2.33. The van der Waals surface area contributed by atoms with Gasteiger partial charge < -0.3 is 5.11 Å². The molecule has 0 aliphatic carbocycles. The molecular weight excluding hydrogens is 292 g/mol. The van der Waals surface area contributed by atoms with Crippen LogP contribution in [0.5, 0.6) is 5.75 Å². The minimum atomic E-state index is 0.263. The number of benzene rings is 1. The third-order valence-corrected chi connectivity index (χ3v) is 3.96. The molecule has 0 saturated carbocycles. The molecule has 1 aromatic carbocycles. The van der Waals surface area contributed by atoms with Crippen LogP contribution in [0.3, 0.4) is 0 Å². The predicted molar refractivity (Wildman–Crippen MR) is 78.0 cm³/mol. The molecule has 1 heterocycles. The summed E-state index contributed by atoms with van der Waals surface area (Å²) in [5.74, 6) is 0.263. The number of phenolic OH excluding ortho intramolecular Hbond substituents is 1. The van der Waals surface area contributed by atoms with Gasteiger partial charge in [0.05, 0.1) is 6.21 Å². The molecule has 3 nitrogen and oxygen atoms in total. The molecular formula is C14H19BrN2O. The van der Waals surface area contributed by atoms with Gasteiger partial charge in [-0.2, -0.15) is 5.10 Å². The summed E-state index contributed by atoms with van der Waals surface area (Å²) < 4.78 is 0.946. The van der Waals surface area contributed by atoms with Crippen LogP contribution in [0.1, 0.15) is 38.7 Å². The van der Waals surface area contributed by atoms with E-state index in [1.165, 1.54) is 19.3 Å². The van der Waals surface area contributed by atoms with Crippen LogP contribution in [-0.4, -0.2) is 28.4 Å². The lowest BCUT2D eigenvalue weighted by Crippen LogP contribution is -2.39. The van der Waals surface area contributed by atoms with Gasteiger partial charge in [-0.1, -0.05) is 15.9 Å². The lowest BCUT2D eigenvalue weighted by atomic mass is 10.00. The zero-order chi connectivity index (χ0) is 13.1. The highest BCUT2D eigenvalue weighted by Gasteiger charge is 2.22. The van der Waals surface area contributed by atoms with Gasteiger partial charge in [-0.15, -0.1) is 0 Å². The lowest BCUT2D eigenvalue weighted by molar-refractivity contribution is 0.109. The zero-order valence-electron chi connectivity index (χ0n) is 10.8. The fraction of sp³-hybridized carbons (Fsp3) is 0.500. The molecule has 0 radical (unpaired) electrons. The summed E-state index contributed by atoms with van der Waals surface area (Å²) >= 11 is 3.40. The highest BCUT2D eigenvalue weighted by molar-refractivity contribution is 9.10. The summed E-state index contributed by atoms with van der Waals surface area (Å²) in [7, 11) is 0. The maximum absolute atomic E-state index is 9.77. The molecule has 0 unspecified atom stereocenters. The van der Waals surface area contributed by atoms with Crippen molar-refractivity contribution in [2.24, 2.45) is 5.10 Å². The summed E-state index contributed by atoms with van der Waals surface area (Å²) in [6, 6.07) is 6.31. The molecule has 1 saturated heterocycles. The number of phenols is 1. The number of hydrazone groups is 1. The molecule has 0 aromatic heterocycles. The molecule has 1 fully saturated rings. The Morgan fingerprint density at radius 3 is 2.67 bits per heavy atom. The van der Waals surface area contributed by atoms with Crippen molar-refractivity contribution >= 4 is 22.1 Å². The normalized spacial score (nSPS) is 24.7. The number of hydrogen-bond acceptors (Lipinski definition) is 3. The monoisotopic (exact) mass is 310 g/mol. The Hall–Kier alpha value is -1.03. The van der Waals surface area contributed by atoms with Gasteiger partial charge >= 0.3 is 0 Å². The second-order valence-corrected chi connectivity index (χ2v) is 5.87. The maximum atomic E-state index is 9.77. The van der Waals surface area contributed by atoms with Crippen molar-refractivity contribution in [3.8, 4) is 5.75 Å². The number of piperidine rings is 1. The highest BCUT2D eigenvalue weighted by Crippen LogP contribution is 2.24. The SMILES string of the molecule is C[C@@H]1CCC[C@H](C)N1/N=C/c1cc(Br)ccc1O. The van der Waals surface area contributed by atoms with E-state index >= 15 is 0 Å². The van der Waals surface area contributed by atoms with Crippen LogP contribution in [-0.2, 0) is 0 Å². The average molecular weight is 311 g/mol. The summed E-state index contributed by atoms with van der Waals surface area (Å²) in [6.45, 7) is 4.40. The summed E-state index contributed by atoms with van der Waals surface area (Å²) in [5.41, 5.74) is 0.745. The summed E-state index contributed by atoms with van der Waals surface area (Å²) in [4.78, 5) is 0. The topological polar surface area (TPSA) is 35.8 Å². The van der Waals surface area contributed by atoms with Gasteiger partial charge in [0.2, 0.25) is 0 Å². The fourth-order valence-corrected chi connectivity index (χ4v) is 2.77. The Kier molecular flexibility index (Phi) is 4.27. The number of aromatic hydroxyl groups is 1. The first-order valence-electron chi connectivity index (χ1n) is 6.39. The molecule has 2 atom stereocenters. The van der Waals surface area contributed by atoms with Crippen LogP contribution >= 0.6 is 15.9 Å². The van der Waals surface area contributed by atoms with Crippen LogP contribution in [0, 0.1) is 0 Å². The molecule has 1 aliphatic heterocycles. The van der Waals surface area contributed by atoms with E-state index in [1.54, 1.807) is 12.3 Å². The van der Waals surface area contributed by atoms with Gasteiger partial charge in [-0.3, -0.25) is 5.01 Å². The number of halogens is 1. The van der Waals surface area contributed by atoms with E-state index in [1.807, 2.05) is 12.1 Å². The minimum absolute atomic E-state index is 0.263.